The number of hydrogen-bond acceptors (Lipinski definition) is 2. The maximum absolute atomic E-state index is 6.28. The van der Waals surface area contributed by atoms with Crippen molar-refractivity contribution in [2.45, 2.75) is 19.4 Å². The van der Waals surface area contributed by atoms with Crippen molar-refractivity contribution in [1.82, 2.24) is 0 Å². The minimum Gasteiger partial charge on any atom is -0.494 e. The fraction of sp³-hybridized carbons (Fsp3) is 0.250. The number of hydrogen-bond donors (Lipinski definition) is 1. The van der Waals surface area contributed by atoms with Crippen molar-refractivity contribution < 1.29 is 4.74 Å². The molecule has 0 saturated carbocycles. The summed E-state index contributed by atoms with van der Waals surface area (Å²) in [5.41, 5.74) is 8.60. The van der Waals surface area contributed by atoms with E-state index in [1.54, 1.807) is 0 Å². The normalized spacial score (nSPS) is 12.2. The van der Waals surface area contributed by atoms with Crippen molar-refractivity contribution in [2.75, 3.05) is 6.61 Å². The van der Waals surface area contributed by atoms with Crippen LogP contribution in [0.4, 0.5) is 0 Å². The lowest BCUT2D eigenvalue weighted by molar-refractivity contribution is 0.339. The van der Waals surface area contributed by atoms with Crippen molar-refractivity contribution in [3.05, 3.63) is 64.1 Å². The number of benzene rings is 2. The van der Waals surface area contributed by atoms with Crippen molar-refractivity contribution in [3.8, 4) is 5.75 Å². The molecule has 1 atom stereocenters. The van der Waals surface area contributed by atoms with Crippen LogP contribution >= 0.6 is 15.9 Å². The SMILES string of the molecule is CCOc1cccc(C(N)Cc2ccccc2Br)c1. The third-order valence-corrected chi connectivity index (χ3v) is 3.77. The smallest absolute Gasteiger partial charge is 0.119 e. The van der Waals surface area contributed by atoms with Crippen LogP contribution < -0.4 is 10.5 Å². The molecule has 2 rings (SSSR count). The van der Waals surface area contributed by atoms with Crippen LogP contribution in [-0.2, 0) is 6.42 Å². The van der Waals surface area contributed by atoms with E-state index in [2.05, 4.69) is 22.0 Å². The van der Waals surface area contributed by atoms with Gasteiger partial charge in [0.2, 0.25) is 0 Å². The largest absolute Gasteiger partial charge is 0.494 e. The molecule has 1 unspecified atom stereocenters. The van der Waals surface area contributed by atoms with E-state index in [-0.39, 0.29) is 6.04 Å². The first kappa shape index (κ1) is 14.1. The van der Waals surface area contributed by atoms with Gasteiger partial charge in [0.25, 0.3) is 0 Å². The Balaban J connectivity index is 2.13. The average molecular weight is 320 g/mol. The zero-order valence-electron chi connectivity index (χ0n) is 11.0. The molecule has 0 bridgehead atoms. The molecule has 0 amide bonds. The van der Waals surface area contributed by atoms with Crippen LogP contribution in [0.2, 0.25) is 0 Å². The zero-order valence-corrected chi connectivity index (χ0v) is 12.6. The summed E-state index contributed by atoms with van der Waals surface area (Å²) in [7, 11) is 0. The lowest BCUT2D eigenvalue weighted by atomic mass is 9.99. The Labute approximate surface area is 122 Å². The van der Waals surface area contributed by atoms with E-state index in [0.29, 0.717) is 6.61 Å². The lowest BCUT2D eigenvalue weighted by Crippen LogP contribution is -2.13. The highest BCUT2D eigenvalue weighted by Gasteiger charge is 2.10. The molecule has 0 aliphatic rings. The van der Waals surface area contributed by atoms with Crippen molar-refractivity contribution in [1.29, 1.82) is 0 Å². The number of nitrogens with two attached hydrogens (primary N) is 1. The first-order valence-corrected chi connectivity index (χ1v) is 7.21. The predicted octanol–water partition coefficient (Wildman–Crippen LogP) is 4.09. The Bertz CT molecular complexity index is 542. The minimum absolute atomic E-state index is 0.0286. The zero-order chi connectivity index (χ0) is 13.7. The topological polar surface area (TPSA) is 35.2 Å². The second-order valence-electron chi connectivity index (χ2n) is 4.41. The molecule has 0 aliphatic heterocycles. The van der Waals surface area contributed by atoms with Crippen LogP contribution in [0.1, 0.15) is 24.1 Å². The summed E-state index contributed by atoms with van der Waals surface area (Å²) < 4.78 is 6.61. The Morgan fingerprint density at radius 1 is 1.16 bits per heavy atom. The van der Waals surface area contributed by atoms with Gasteiger partial charge in [-0.25, -0.2) is 0 Å². The van der Waals surface area contributed by atoms with Crippen LogP contribution in [0.3, 0.4) is 0 Å². The molecule has 0 spiro atoms. The molecule has 0 radical (unpaired) electrons. The first-order chi connectivity index (χ1) is 9.20. The van der Waals surface area contributed by atoms with E-state index in [1.165, 1.54) is 5.56 Å². The molecule has 0 aliphatic carbocycles. The van der Waals surface area contributed by atoms with E-state index in [4.69, 9.17) is 10.5 Å². The summed E-state index contributed by atoms with van der Waals surface area (Å²) in [4.78, 5) is 0. The van der Waals surface area contributed by atoms with E-state index in [9.17, 15) is 0 Å². The fourth-order valence-corrected chi connectivity index (χ4v) is 2.47. The molecule has 0 saturated heterocycles. The van der Waals surface area contributed by atoms with E-state index in [0.717, 1.165) is 22.2 Å². The summed E-state index contributed by atoms with van der Waals surface area (Å²) in [5, 5.41) is 0. The molecular weight excluding hydrogens is 302 g/mol. The van der Waals surface area contributed by atoms with Crippen LogP contribution in [0, 0.1) is 0 Å². The standard InChI is InChI=1S/C16H18BrNO/c1-2-19-14-8-5-7-13(10-14)16(18)11-12-6-3-4-9-15(12)17/h3-10,16H,2,11,18H2,1H3. The fourth-order valence-electron chi connectivity index (χ4n) is 2.02. The Kier molecular flexibility index (Phi) is 5.00. The van der Waals surface area contributed by atoms with Gasteiger partial charge in [0, 0.05) is 10.5 Å². The predicted molar refractivity (Wildman–Crippen MR) is 82.4 cm³/mol. The maximum atomic E-state index is 6.28. The molecule has 0 heterocycles. The number of rotatable bonds is 5. The van der Waals surface area contributed by atoms with Gasteiger partial charge in [0.1, 0.15) is 5.75 Å². The molecular formula is C16H18BrNO. The van der Waals surface area contributed by atoms with E-state index in [1.807, 2.05) is 49.4 Å². The van der Waals surface area contributed by atoms with Gasteiger partial charge in [0.15, 0.2) is 0 Å². The third-order valence-electron chi connectivity index (χ3n) is 2.99. The van der Waals surface area contributed by atoms with Gasteiger partial charge >= 0.3 is 0 Å². The third kappa shape index (κ3) is 3.82. The lowest BCUT2D eigenvalue weighted by Gasteiger charge is -2.14. The molecule has 2 nitrogen and oxygen atoms in total. The first-order valence-electron chi connectivity index (χ1n) is 6.42. The summed E-state index contributed by atoms with van der Waals surface area (Å²) >= 11 is 3.56. The van der Waals surface area contributed by atoms with Gasteiger partial charge in [-0.15, -0.1) is 0 Å². The molecule has 3 heteroatoms. The van der Waals surface area contributed by atoms with Gasteiger partial charge in [-0.05, 0) is 42.7 Å². The molecule has 2 aromatic carbocycles. The van der Waals surface area contributed by atoms with Crippen LogP contribution in [-0.4, -0.2) is 6.61 Å². The summed E-state index contributed by atoms with van der Waals surface area (Å²) in [6.45, 7) is 2.65. The highest BCUT2D eigenvalue weighted by Crippen LogP contribution is 2.24. The van der Waals surface area contributed by atoms with Crippen LogP contribution in [0.5, 0.6) is 5.75 Å². The Hall–Kier alpha value is -1.32. The second-order valence-corrected chi connectivity index (χ2v) is 5.26. The van der Waals surface area contributed by atoms with Crippen molar-refractivity contribution in [3.63, 3.8) is 0 Å². The van der Waals surface area contributed by atoms with Crippen molar-refractivity contribution >= 4 is 15.9 Å². The number of ether oxygens (including phenoxy) is 1. The Morgan fingerprint density at radius 2 is 1.95 bits per heavy atom. The summed E-state index contributed by atoms with van der Waals surface area (Å²) in [6, 6.07) is 16.2. The van der Waals surface area contributed by atoms with Crippen LogP contribution in [0.15, 0.2) is 53.0 Å². The van der Waals surface area contributed by atoms with Crippen molar-refractivity contribution in [2.24, 2.45) is 5.73 Å². The van der Waals surface area contributed by atoms with E-state index < -0.39 is 0 Å². The summed E-state index contributed by atoms with van der Waals surface area (Å²) in [6.07, 6.45) is 0.803. The summed E-state index contributed by atoms with van der Waals surface area (Å²) in [5.74, 6) is 0.877. The van der Waals surface area contributed by atoms with Crippen LogP contribution in [0.25, 0.3) is 0 Å². The van der Waals surface area contributed by atoms with Gasteiger partial charge in [0.05, 0.1) is 6.61 Å². The van der Waals surface area contributed by atoms with Gasteiger partial charge < -0.3 is 10.5 Å². The monoisotopic (exact) mass is 319 g/mol. The molecule has 19 heavy (non-hydrogen) atoms. The molecule has 2 aromatic rings. The van der Waals surface area contributed by atoms with Gasteiger partial charge in [-0.3, -0.25) is 0 Å². The molecule has 100 valence electrons. The van der Waals surface area contributed by atoms with E-state index >= 15 is 0 Å². The maximum Gasteiger partial charge on any atom is 0.119 e. The Morgan fingerprint density at radius 3 is 2.68 bits per heavy atom. The highest BCUT2D eigenvalue weighted by atomic mass is 79.9. The molecule has 0 fully saturated rings. The second kappa shape index (κ2) is 6.73. The number of halogens is 1. The minimum atomic E-state index is -0.0286. The van der Waals surface area contributed by atoms with Gasteiger partial charge in [-0.2, -0.15) is 0 Å². The highest BCUT2D eigenvalue weighted by molar-refractivity contribution is 9.10. The molecule has 0 aromatic heterocycles. The average Bonchev–Trinajstić information content (AvgIpc) is 2.42. The molecule has 2 N–H and O–H groups in total. The quantitative estimate of drug-likeness (QED) is 0.900. The van der Waals surface area contributed by atoms with Gasteiger partial charge in [-0.1, -0.05) is 46.3 Å².